The number of rotatable bonds is 3. The van der Waals surface area contributed by atoms with E-state index in [0.717, 1.165) is 16.7 Å². The number of hydrogen-bond acceptors (Lipinski definition) is 2. The van der Waals surface area contributed by atoms with Crippen molar-refractivity contribution in [2.45, 2.75) is 0 Å². The lowest BCUT2D eigenvalue weighted by atomic mass is 10.0. The third kappa shape index (κ3) is 3.00. The van der Waals surface area contributed by atoms with E-state index in [9.17, 15) is 4.79 Å². The minimum absolute atomic E-state index is 0.0791. The van der Waals surface area contributed by atoms with Gasteiger partial charge in [-0.3, -0.25) is 9.36 Å². The number of hydrogen-bond donors (Lipinski definition) is 0. The van der Waals surface area contributed by atoms with Crippen molar-refractivity contribution in [2.24, 2.45) is 0 Å². The van der Waals surface area contributed by atoms with Gasteiger partial charge in [0.2, 0.25) is 0 Å². The minimum Gasteiger partial charge on any atom is -0.268 e. The molecule has 0 spiro atoms. The van der Waals surface area contributed by atoms with Gasteiger partial charge in [0.05, 0.1) is 0 Å². The summed E-state index contributed by atoms with van der Waals surface area (Å²) in [5, 5.41) is 0. The molecule has 0 bridgehead atoms. The maximum Gasteiger partial charge on any atom is 0.264 e. The lowest BCUT2D eigenvalue weighted by Crippen LogP contribution is -2.20. The van der Waals surface area contributed by atoms with Crippen molar-refractivity contribution in [1.29, 1.82) is 0 Å². The number of nitrogens with zero attached hydrogens (tertiary/aromatic N) is 2. The highest BCUT2D eigenvalue weighted by Gasteiger charge is 2.11. The van der Waals surface area contributed by atoms with E-state index in [1.807, 2.05) is 91.1 Å². The average Bonchev–Trinajstić information content (AvgIpc) is 2.70. The molecule has 0 saturated heterocycles. The van der Waals surface area contributed by atoms with Crippen LogP contribution in [0.15, 0.2) is 102 Å². The Morgan fingerprint density at radius 3 is 1.96 bits per heavy atom. The van der Waals surface area contributed by atoms with Crippen LogP contribution in [0.1, 0.15) is 0 Å². The molecule has 120 valence electrons. The molecular formula is C22H16N2O. The number of pyridine rings is 2. The fourth-order valence-electron chi connectivity index (χ4n) is 2.86. The van der Waals surface area contributed by atoms with Crippen LogP contribution >= 0.6 is 0 Å². The van der Waals surface area contributed by atoms with Crippen LogP contribution in [-0.4, -0.2) is 9.55 Å². The zero-order valence-corrected chi connectivity index (χ0v) is 13.5. The van der Waals surface area contributed by atoms with E-state index < -0.39 is 0 Å². The fourth-order valence-corrected chi connectivity index (χ4v) is 2.86. The largest absolute Gasteiger partial charge is 0.268 e. The number of aromatic nitrogens is 2. The van der Waals surface area contributed by atoms with Crippen LogP contribution in [0.25, 0.3) is 28.1 Å². The molecule has 0 fully saturated rings. The maximum atomic E-state index is 13.1. The van der Waals surface area contributed by atoms with E-state index in [1.54, 1.807) is 10.8 Å². The summed E-state index contributed by atoms with van der Waals surface area (Å²) in [4.78, 5) is 17.4. The highest BCUT2D eigenvalue weighted by molar-refractivity contribution is 5.72. The smallest absolute Gasteiger partial charge is 0.264 e. The second-order valence-electron chi connectivity index (χ2n) is 5.74. The maximum absolute atomic E-state index is 13.1. The molecule has 2 aromatic heterocycles. The molecule has 0 N–H and O–H groups in total. The minimum atomic E-state index is -0.0791. The van der Waals surface area contributed by atoms with E-state index in [4.69, 9.17) is 0 Å². The SMILES string of the molecule is O=c1c(-c2ccccc2)cc(-c2ccccc2)cn1-c1ccccn1. The molecule has 0 saturated carbocycles. The molecule has 4 aromatic rings. The number of benzene rings is 2. The zero-order chi connectivity index (χ0) is 17.1. The molecule has 0 atom stereocenters. The van der Waals surface area contributed by atoms with Crippen molar-refractivity contribution >= 4 is 0 Å². The molecule has 0 aliphatic carbocycles. The highest BCUT2D eigenvalue weighted by Crippen LogP contribution is 2.24. The first-order chi connectivity index (χ1) is 12.3. The van der Waals surface area contributed by atoms with Crippen LogP contribution in [0.4, 0.5) is 0 Å². The highest BCUT2D eigenvalue weighted by atomic mass is 16.1. The summed E-state index contributed by atoms with van der Waals surface area (Å²) in [6, 6.07) is 27.3. The summed E-state index contributed by atoms with van der Waals surface area (Å²) in [6.07, 6.45) is 3.55. The molecular weight excluding hydrogens is 308 g/mol. The zero-order valence-electron chi connectivity index (χ0n) is 13.5. The van der Waals surface area contributed by atoms with E-state index in [0.29, 0.717) is 11.4 Å². The predicted molar refractivity (Wildman–Crippen MR) is 101 cm³/mol. The van der Waals surface area contributed by atoms with Gasteiger partial charge in [-0.15, -0.1) is 0 Å². The van der Waals surface area contributed by atoms with Crippen molar-refractivity contribution in [3.05, 3.63) is 108 Å². The van der Waals surface area contributed by atoms with Crippen molar-refractivity contribution in [3.63, 3.8) is 0 Å². The van der Waals surface area contributed by atoms with Gasteiger partial charge in [0.25, 0.3) is 5.56 Å². The molecule has 0 unspecified atom stereocenters. The van der Waals surface area contributed by atoms with Crippen LogP contribution in [-0.2, 0) is 0 Å². The van der Waals surface area contributed by atoms with E-state index >= 15 is 0 Å². The lowest BCUT2D eigenvalue weighted by Gasteiger charge is -2.12. The van der Waals surface area contributed by atoms with Crippen LogP contribution in [0, 0.1) is 0 Å². The van der Waals surface area contributed by atoms with Crippen LogP contribution < -0.4 is 5.56 Å². The van der Waals surface area contributed by atoms with Crippen LogP contribution in [0.2, 0.25) is 0 Å². The monoisotopic (exact) mass is 324 g/mol. The average molecular weight is 324 g/mol. The van der Waals surface area contributed by atoms with Crippen molar-refractivity contribution < 1.29 is 0 Å². The summed E-state index contributed by atoms with van der Waals surface area (Å²) in [5.41, 5.74) is 3.52. The molecule has 0 radical (unpaired) electrons. The van der Waals surface area contributed by atoms with E-state index in [2.05, 4.69) is 4.98 Å². The molecule has 3 heteroatoms. The standard InChI is InChI=1S/C22H16N2O/c25-22-20(18-11-5-2-6-12-18)15-19(17-9-3-1-4-10-17)16-24(22)21-13-7-8-14-23-21/h1-16H. The molecule has 4 rings (SSSR count). The third-order valence-corrected chi connectivity index (χ3v) is 4.11. The Morgan fingerprint density at radius 2 is 1.32 bits per heavy atom. The summed E-state index contributed by atoms with van der Waals surface area (Å²) in [7, 11) is 0. The first kappa shape index (κ1) is 15.1. The first-order valence-corrected chi connectivity index (χ1v) is 8.12. The second-order valence-corrected chi connectivity index (χ2v) is 5.74. The quantitative estimate of drug-likeness (QED) is 0.553. The first-order valence-electron chi connectivity index (χ1n) is 8.12. The topological polar surface area (TPSA) is 34.9 Å². The summed E-state index contributed by atoms with van der Waals surface area (Å²) in [5.74, 6) is 0.613. The van der Waals surface area contributed by atoms with Gasteiger partial charge in [-0.05, 0) is 34.9 Å². The van der Waals surface area contributed by atoms with Crippen LogP contribution in [0.5, 0.6) is 0 Å². The molecule has 2 aromatic carbocycles. The van der Waals surface area contributed by atoms with Gasteiger partial charge in [0.15, 0.2) is 0 Å². The Morgan fingerprint density at radius 1 is 0.680 bits per heavy atom. The van der Waals surface area contributed by atoms with Gasteiger partial charge in [-0.2, -0.15) is 0 Å². The Hall–Kier alpha value is -3.46. The van der Waals surface area contributed by atoms with Gasteiger partial charge in [0.1, 0.15) is 5.82 Å². The molecule has 0 aliphatic heterocycles. The Kier molecular flexibility index (Phi) is 3.97. The van der Waals surface area contributed by atoms with E-state index in [1.165, 1.54) is 0 Å². The summed E-state index contributed by atoms with van der Waals surface area (Å²) < 4.78 is 1.62. The van der Waals surface area contributed by atoms with Gasteiger partial charge in [-0.25, -0.2) is 4.98 Å². The Bertz CT molecular complexity index is 976. The molecule has 0 aliphatic rings. The molecule has 3 nitrogen and oxygen atoms in total. The molecule has 25 heavy (non-hydrogen) atoms. The Balaban J connectivity index is 2.00. The summed E-state index contributed by atoms with van der Waals surface area (Å²) >= 11 is 0. The lowest BCUT2D eigenvalue weighted by molar-refractivity contribution is 0.945. The molecule has 0 amide bonds. The normalized spacial score (nSPS) is 10.6. The van der Waals surface area contributed by atoms with E-state index in [-0.39, 0.29) is 5.56 Å². The Labute approximate surface area is 145 Å². The molecule has 2 heterocycles. The van der Waals surface area contributed by atoms with Crippen molar-refractivity contribution in [1.82, 2.24) is 9.55 Å². The van der Waals surface area contributed by atoms with Crippen molar-refractivity contribution in [2.75, 3.05) is 0 Å². The van der Waals surface area contributed by atoms with Gasteiger partial charge >= 0.3 is 0 Å². The second kappa shape index (κ2) is 6.57. The van der Waals surface area contributed by atoms with Gasteiger partial charge < -0.3 is 0 Å². The van der Waals surface area contributed by atoms with Gasteiger partial charge in [-0.1, -0.05) is 66.7 Å². The predicted octanol–water partition coefficient (Wildman–Crippen LogP) is 4.57. The summed E-state index contributed by atoms with van der Waals surface area (Å²) in [6.45, 7) is 0. The fraction of sp³-hybridized carbons (Fsp3) is 0. The van der Waals surface area contributed by atoms with Crippen molar-refractivity contribution in [3.8, 4) is 28.1 Å². The van der Waals surface area contributed by atoms with Crippen LogP contribution in [0.3, 0.4) is 0 Å². The van der Waals surface area contributed by atoms with Gasteiger partial charge in [0, 0.05) is 18.0 Å². The third-order valence-electron chi connectivity index (χ3n) is 4.11.